The number of nitrogens with zero attached hydrogens (tertiary/aromatic N) is 3. The maximum absolute atomic E-state index is 11.9. The van der Waals surface area contributed by atoms with Gasteiger partial charge in [0.05, 0.1) is 17.7 Å². The lowest BCUT2D eigenvalue weighted by Gasteiger charge is -2.19. The van der Waals surface area contributed by atoms with Crippen LogP contribution in [0.15, 0.2) is 24.4 Å². The van der Waals surface area contributed by atoms with E-state index in [9.17, 15) is 4.79 Å². The van der Waals surface area contributed by atoms with Crippen molar-refractivity contribution in [1.29, 1.82) is 0 Å². The molecule has 0 fully saturated rings. The molecule has 2 aromatic rings. The van der Waals surface area contributed by atoms with E-state index in [1.165, 1.54) is 0 Å². The molecule has 0 radical (unpaired) electrons. The Morgan fingerprint density at radius 2 is 2.29 bits per heavy atom. The van der Waals surface area contributed by atoms with Crippen LogP contribution >= 0.6 is 11.6 Å². The molecule has 126 valence electrons. The smallest absolute Gasteiger partial charge is 0.338 e. The molecular weight excluding hydrogens is 330 g/mol. The molecule has 0 spiro atoms. The lowest BCUT2D eigenvalue weighted by molar-refractivity contribution is 0.0526. The van der Waals surface area contributed by atoms with Crippen molar-refractivity contribution in [2.45, 2.75) is 20.0 Å². The first-order chi connectivity index (χ1) is 11.5. The van der Waals surface area contributed by atoms with Crippen LogP contribution in [0.1, 0.15) is 34.6 Å². The van der Waals surface area contributed by atoms with Gasteiger partial charge in [0.1, 0.15) is 6.17 Å². The van der Waals surface area contributed by atoms with Gasteiger partial charge in [0, 0.05) is 18.9 Å². The van der Waals surface area contributed by atoms with Crippen molar-refractivity contribution in [2.75, 3.05) is 24.0 Å². The molecule has 0 aliphatic carbocycles. The summed E-state index contributed by atoms with van der Waals surface area (Å²) in [5.41, 5.74) is 6.46. The second kappa shape index (κ2) is 6.62. The average Bonchev–Trinajstić information content (AvgIpc) is 2.85. The number of esters is 1. The standard InChI is InChI=1S/C16H18ClN5O2/c1-4-24-15(23)10-6-5-9(2)12(7-10)19-13-11-8-18-16(17)20-14(11)22(3)21-13/h5-8,13,19,21H,4H2,1-3H3. The molecule has 1 unspecified atom stereocenters. The number of anilines is 2. The molecule has 0 saturated carbocycles. The number of ether oxygens (including phenoxy) is 1. The van der Waals surface area contributed by atoms with Crippen LogP contribution in [0.4, 0.5) is 11.5 Å². The number of rotatable bonds is 4. The Labute approximate surface area is 145 Å². The van der Waals surface area contributed by atoms with Gasteiger partial charge in [-0.1, -0.05) is 6.07 Å². The molecular formula is C16H18ClN5O2. The summed E-state index contributed by atoms with van der Waals surface area (Å²) < 4.78 is 5.05. The van der Waals surface area contributed by atoms with Crippen LogP contribution in [0, 0.1) is 6.92 Å². The first kappa shape index (κ1) is 16.5. The van der Waals surface area contributed by atoms with E-state index in [-0.39, 0.29) is 17.4 Å². The van der Waals surface area contributed by atoms with E-state index in [4.69, 9.17) is 16.3 Å². The van der Waals surface area contributed by atoms with Gasteiger partial charge >= 0.3 is 5.97 Å². The van der Waals surface area contributed by atoms with E-state index in [0.717, 1.165) is 16.8 Å². The zero-order valence-electron chi connectivity index (χ0n) is 13.6. The van der Waals surface area contributed by atoms with Gasteiger partial charge in [0.25, 0.3) is 0 Å². The largest absolute Gasteiger partial charge is 0.462 e. The van der Waals surface area contributed by atoms with E-state index >= 15 is 0 Å². The number of carbonyl (C=O) groups is 1. The first-order valence-corrected chi connectivity index (χ1v) is 7.94. The molecule has 8 heteroatoms. The number of nitrogens with one attached hydrogen (secondary N) is 2. The lowest BCUT2D eigenvalue weighted by atomic mass is 10.1. The lowest BCUT2D eigenvalue weighted by Crippen LogP contribution is -2.34. The zero-order valence-corrected chi connectivity index (χ0v) is 14.4. The van der Waals surface area contributed by atoms with Crippen LogP contribution in [0.2, 0.25) is 5.28 Å². The van der Waals surface area contributed by atoms with Crippen molar-refractivity contribution in [2.24, 2.45) is 0 Å². The summed E-state index contributed by atoms with van der Waals surface area (Å²) in [6, 6.07) is 5.42. The van der Waals surface area contributed by atoms with Crippen molar-refractivity contribution in [3.8, 4) is 0 Å². The third-order valence-electron chi connectivity index (χ3n) is 3.77. The summed E-state index contributed by atoms with van der Waals surface area (Å²) in [7, 11) is 1.85. The van der Waals surface area contributed by atoms with Gasteiger partial charge in [0.2, 0.25) is 5.28 Å². The molecule has 24 heavy (non-hydrogen) atoms. The second-order valence-electron chi connectivity index (χ2n) is 5.43. The molecule has 1 aromatic heterocycles. The summed E-state index contributed by atoms with van der Waals surface area (Å²) >= 11 is 5.86. The average molecular weight is 348 g/mol. The number of benzene rings is 1. The number of carbonyl (C=O) groups excluding carboxylic acids is 1. The van der Waals surface area contributed by atoms with E-state index in [2.05, 4.69) is 20.7 Å². The van der Waals surface area contributed by atoms with Crippen molar-refractivity contribution in [3.05, 3.63) is 46.4 Å². The predicted molar refractivity (Wildman–Crippen MR) is 92.1 cm³/mol. The van der Waals surface area contributed by atoms with Crippen LogP contribution in [-0.2, 0) is 4.74 Å². The highest BCUT2D eigenvalue weighted by atomic mass is 35.5. The fourth-order valence-corrected chi connectivity index (χ4v) is 2.67. The summed E-state index contributed by atoms with van der Waals surface area (Å²) in [6.45, 7) is 4.09. The van der Waals surface area contributed by atoms with E-state index < -0.39 is 0 Å². The van der Waals surface area contributed by atoms with Gasteiger partial charge in [-0.3, -0.25) is 5.01 Å². The SMILES string of the molecule is CCOC(=O)c1ccc(C)c(NC2NN(C)c3nc(Cl)ncc32)c1. The molecule has 1 atom stereocenters. The zero-order chi connectivity index (χ0) is 17.3. The highest BCUT2D eigenvalue weighted by Gasteiger charge is 2.28. The molecule has 0 amide bonds. The number of hydrazine groups is 1. The van der Waals surface area contributed by atoms with E-state index in [1.54, 1.807) is 30.3 Å². The Bertz CT molecular complexity index is 783. The van der Waals surface area contributed by atoms with Crippen molar-refractivity contribution < 1.29 is 9.53 Å². The Kier molecular flexibility index (Phi) is 4.55. The topological polar surface area (TPSA) is 79.4 Å². The number of halogens is 1. The molecule has 1 aliphatic heterocycles. The van der Waals surface area contributed by atoms with Gasteiger partial charge in [-0.2, -0.15) is 4.98 Å². The van der Waals surface area contributed by atoms with Crippen molar-refractivity contribution >= 4 is 29.1 Å². The second-order valence-corrected chi connectivity index (χ2v) is 5.77. The molecule has 0 bridgehead atoms. The molecule has 0 saturated heterocycles. The van der Waals surface area contributed by atoms with Gasteiger partial charge < -0.3 is 10.1 Å². The van der Waals surface area contributed by atoms with Crippen LogP contribution in [0.25, 0.3) is 0 Å². The van der Waals surface area contributed by atoms with E-state index in [0.29, 0.717) is 18.0 Å². The van der Waals surface area contributed by atoms with Crippen LogP contribution in [0.3, 0.4) is 0 Å². The van der Waals surface area contributed by atoms with Crippen LogP contribution < -0.4 is 15.8 Å². The van der Waals surface area contributed by atoms with Gasteiger partial charge in [0.15, 0.2) is 5.82 Å². The summed E-state index contributed by atoms with van der Waals surface area (Å²) in [4.78, 5) is 20.2. The highest BCUT2D eigenvalue weighted by molar-refractivity contribution is 6.28. The number of aryl methyl sites for hydroxylation is 1. The molecule has 1 aromatic carbocycles. The minimum atomic E-state index is -0.340. The Morgan fingerprint density at radius 1 is 1.50 bits per heavy atom. The number of aromatic nitrogens is 2. The fourth-order valence-electron chi connectivity index (χ4n) is 2.54. The molecule has 7 nitrogen and oxygen atoms in total. The van der Waals surface area contributed by atoms with Crippen molar-refractivity contribution in [3.63, 3.8) is 0 Å². The molecule has 3 rings (SSSR count). The molecule has 1 aliphatic rings. The quantitative estimate of drug-likeness (QED) is 0.650. The third kappa shape index (κ3) is 3.13. The maximum atomic E-state index is 11.9. The fraction of sp³-hybridized carbons (Fsp3) is 0.312. The van der Waals surface area contributed by atoms with Crippen LogP contribution in [0.5, 0.6) is 0 Å². The summed E-state index contributed by atoms with van der Waals surface area (Å²) in [5, 5.41) is 5.35. The minimum Gasteiger partial charge on any atom is -0.462 e. The van der Waals surface area contributed by atoms with Gasteiger partial charge in [-0.15, -0.1) is 0 Å². The summed E-state index contributed by atoms with van der Waals surface area (Å²) in [6.07, 6.45) is 1.46. The van der Waals surface area contributed by atoms with Crippen molar-refractivity contribution in [1.82, 2.24) is 15.4 Å². The van der Waals surface area contributed by atoms with Gasteiger partial charge in [-0.05, 0) is 43.1 Å². The summed E-state index contributed by atoms with van der Waals surface area (Å²) in [5.74, 6) is 0.374. The molecule has 2 N–H and O–H groups in total. The number of hydrogen-bond acceptors (Lipinski definition) is 7. The number of fused-ring (bicyclic) bond motifs is 1. The monoisotopic (exact) mass is 347 g/mol. The first-order valence-electron chi connectivity index (χ1n) is 7.56. The highest BCUT2D eigenvalue weighted by Crippen LogP contribution is 2.32. The van der Waals surface area contributed by atoms with Gasteiger partial charge in [-0.25, -0.2) is 15.2 Å². The third-order valence-corrected chi connectivity index (χ3v) is 3.95. The Balaban J connectivity index is 1.87. The normalized spacial score (nSPS) is 16.0. The Hall–Kier alpha value is -2.38. The maximum Gasteiger partial charge on any atom is 0.338 e. The predicted octanol–water partition coefficient (Wildman–Crippen LogP) is 2.68. The van der Waals surface area contributed by atoms with Crippen LogP contribution in [-0.4, -0.2) is 29.6 Å². The molecule has 2 heterocycles. The Morgan fingerprint density at radius 3 is 3.04 bits per heavy atom. The minimum absolute atomic E-state index is 0.198. The number of hydrogen-bond donors (Lipinski definition) is 2. The van der Waals surface area contributed by atoms with E-state index in [1.807, 2.05) is 20.0 Å².